The lowest BCUT2D eigenvalue weighted by Crippen LogP contribution is -2.31. The van der Waals surface area contributed by atoms with Crippen LogP contribution < -0.4 is 5.32 Å². The van der Waals surface area contributed by atoms with Crippen molar-refractivity contribution in [3.63, 3.8) is 0 Å². The highest BCUT2D eigenvalue weighted by molar-refractivity contribution is 9.10. The fourth-order valence-corrected chi connectivity index (χ4v) is 3.43. The van der Waals surface area contributed by atoms with Gasteiger partial charge in [-0.15, -0.1) is 0 Å². The Labute approximate surface area is 164 Å². The van der Waals surface area contributed by atoms with Crippen molar-refractivity contribution in [2.24, 2.45) is 0 Å². The van der Waals surface area contributed by atoms with Crippen molar-refractivity contribution in [3.8, 4) is 0 Å². The molecule has 0 radical (unpaired) electrons. The van der Waals surface area contributed by atoms with Crippen LogP contribution in [-0.4, -0.2) is 29.2 Å². The van der Waals surface area contributed by atoms with Gasteiger partial charge in [0.15, 0.2) is 0 Å². The summed E-state index contributed by atoms with van der Waals surface area (Å²) < 4.78 is 0.747. The van der Waals surface area contributed by atoms with Crippen LogP contribution in [0.1, 0.15) is 39.1 Å². The van der Waals surface area contributed by atoms with E-state index in [4.69, 9.17) is 11.6 Å². The van der Waals surface area contributed by atoms with Crippen LogP contribution in [0.4, 0.5) is 5.69 Å². The summed E-state index contributed by atoms with van der Waals surface area (Å²) in [5.41, 5.74) is 2.37. The number of nitrogens with zero attached hydrogens (tertiary/aromatic N) is 1. The van der Waals surface area contributed by atoms with E-state index in [0.29, 0.717) is 28.3 Å². The minimum Gasteiger partial charge on any atom is -0.326 e. The number of imide groups is 1. The second-order valence-corrected chi connectivity index (χ2v) is 7.41. The zero-order valence-corrected chi connectivity index (χ0v) is 16.4. The Kier molecular flexibility index (Phi) is 5.44. The van der Waals surface area contributed by atoms with Gasteiger partial charge >= 0.3 is 0 Å². The molecule has 0 bridgehead atoms. The molecular formula is C19H16BrClN2O3. The smallest absolute Gasteiger partial charge is 0.261 e. The molecule has 2 aromatic rings. The van der Waals surface area contributed by atoms with E-state index in [-0.39, 0.29) is 30.7 Å². The summed E-state index contributed by atoms with van der Waals surface area (Å²) in [5.74, 6) is -0.804. The Balaban J connectivity index is 1.56. The minimum atomic E-state index is -0.319. The molecule has 26 heavy (non-hydrogen) atoms. The Morgan fingerprint density at radius 2 is 1.85 bits per heavy atom. The summed E-state index contributed by atoms with van der Waals surface area (Å²) in [5, 5.41) is 3.43. The number of halogens is 2. The molecule has 0 saturated carbocycles. The standard InChI is InChI=1S/C19H16BrClN2O3/c1-11-9-13(21)5-7-16(11)22-17(24)3-2-8-23-18(25)14-6-4-12(20)10-15(14)19(23)26/h4-7,9-10H,2-3,8H2,1H3,(H,22,24). The monoisotopic (exact) mass is 434 g/mol. The van der Waals surface area contributed by atoms with Crippen LogP contribution in [-0.2, 0) is 4.79 Å². The molecule has 0 saturated heterocycles. The maximum Gasteiger partial charge on any atom is 0.261 e. The predicted molar refractivity (Wildman–Crippen MR) is 104 cm³/mol. The quantitative estimate of drug-likeness (QED) is 0.707. The van der Waals surface area contributed by atoms with Crippen molar-refractivity contribution in [3.05, 3.63) is 62.6 Å². The van der Waals surface area contributed by atoms with E-state index < -0.39 is 0 Å². The molecule has 7 heteroatoms. The van der Waals surface area contributed by atoms with Crippen LogP contribution in [0.2, 0.25) is 5.02 Å². The average molecular weight is 436 g/mol. The summed E-state index contributed by atoms with van der Waals surface area (Å²) in [6.07, 6.45) is 0.601. The number of carbonyl (C=O) groups is 3. The van der Waals surface area contributed by atoms with Gasteiger partial charge in [-0.05, 0) is 55.3 Å². The largest absolute Gasteiger partial charge is 0.326 e. The van der Waals surface area contributed by atoms with Gasteiger partial charge in [0.25, 0.3) is 11.8 Å². The third-order valence-corrected chi connectivity index (χ3v) is 4.91. The number of hydrogen-bond donors (Lipinski definition) is 1. The second kappa shape index (κ2) is 7.60. The molecule has 5 nitrogen and oxygen atoms in total. The normalized spacial score (nSPS) is 13.1. The Hall–Kier alpha value is -2.18. The van der Waals surface area contributed by atoms with Crippen molar-refractivity contribution >= 4 is 50.9 Å². The van der Waals surface area contributed by atoms with Gasteiger partial charge in [0, 0.05) is 28.1 Å². The van der Waals surface area contributed by atoms with Gasteiger partial charge in [-0.2, -0.15) is 0 Å². The molecule has 3 rings (SSSR count). The van der Waals surface area contributed by atoms with E-state index in [1.807, 2.05) is 6.92 Å². The average Bonchev–Trinajstić information content (AvgIpc) is 2.82. The first-order valence-electron chi connectivity index (χ1n) is 8.08. The summed E-state index contributed by atoms with van der Waals surface area (Å²) in [6.45, 7) is 2.06. The highest BCUT2D eigenvalue weighted by Crippen LogP contribution is 2.26. The maximum atomic E-state index is 12.4. The molecule has 0 aromatic heterocycles. The fourth-order valence-electron chi connectivity index (χ4n) is 2.84. The fraction of sp³-hybridized carbons (Fsp3) is 0.211. The molecule has 0 atom stereocenters. The third kappa shape index (κ3) is 3.81. The number of amides is 3. The molecule has 1 aliphatic rings. The minimum absolute atomic E-state index is 0.172. The topological polar surface area (TPSA) is 66.5 Å². The van der Waals surface area contributed by atoms with Crippen molar-refractivity contribution < 1.29 is 14.4 Å². The number of rotatable bonds is 5. The molecule has 0 aliphatic carbocycles. The number of aryl methyl sites for hydroxylation is 1. The molecule has 0 fully saturated rings. The summed E-state index contributed by atoms with van der Waals surface area (Å²) >= 11 is 9.20. The highest BCUT2D eigenvalue weighted by atomic mass is 79.9. The van der Waals surface area contributed by atoms with Crippen LogP contribution >= 0.6 is 27.5 Å². The van der Waals surface area contributed by atoms with Crippen molar-refractivity contribution in [2.75, 3.05) is 11.9 Å². The summed E-state index contributed by atoms with van der Waals surface area (Å²) in [7, 11) is 0. The van der Waals surface area contributed by atoms with E-state index in [9.17, 15) is 14.4 Å². The molecule has 0 unspecified atom stereocenters. The van der Waals surface area contributed by atoms with Gasteiger partial charge in [0.1, 0.15) is 0 Å². The number of fused-ring (bicyclic) bond motifs is 1. The van der Waals surface area contributed by atoms with Gasteiger partial charge in [0.2, 0.25) is 5.91 Å². The van der Waals surface area contributed by atoms with Crippen molar-refractivity contribution in [1.82, 2.24) is 4.90 Å². The zero-order chi connectivity index (χ0) is 18.8. The van der Waals surface area contributed by atoms with Crippen molar-refractivity contribution in [2.45, 2.75) is 19.8 Å². The van der Waals surface area contributed by atoms with Crippen LogP contribution in [0, 0.1) is 6.92 Å². The first kappa shape index (κ1) is 18.6. The molecular weight excluding hydrogens is 420 g/mol. The molecule has 1 aliphatic heterocycles. The molecule has 1 heterocycles. The lowest BCUT2D eigenvalue weighted by molar-refractivity contribution is -0.116. The lowest BCUT2D eigenvalue weighted by atomic mass is 10.1. The van der Waals surface area contributed by atoms with E-state index >= 15 is 0 Å². The van der Waals surface area contributed by atoms with Crippen LogP contribution in [0.25, 0.3) is 0 Å². The number of anilines is 1. The predicted octanol–water partition coefficient (Wildman–Crippen LogP) is 4.43. The van der Waals surface area contributed by atoms with Gasteiger partial charge in [-0.3, -0.25) is 19.3 Å². The number of benzene rings is 2. The van der Waals surface area contributed by atoms with Gasteiger partial charge < -0.3 is 5.32 Å². The van der Waals surface area contributed by atoms with Gasteiger partial charge in [-0.1, -0.05) is 27.5 Å². The molecule has 1 N–H and O–H groups in total. The number of carbonyl (C=O) groups excluding carboxylic acids is 3. The number of nitrogens with one attached hydrogen (secondary N) is 1. The van der Waals surface area contributed by atoms with Crippen LogP contribution in [0.5, 0.6) is 0 Å². The molecule has 134 valence electrons. The van der Waals surface area contributed by atoms with Gasteiger partial charge in [-0.25, -0.2) is 0 Å². The number of hydrogen-bond acceptors (Lipinski definition) is 3. The van der Waals surface area contributed by atoms with E-state index in [1.165, 1.54) is 4.90 Å². The van der Waals surface area contributed by atoms with Crippen LogP contribution in [0.3, 0.4) is 0 Å². The Morgan fingerprint density at radius 1 is 1.12 bits per heavy atom. The maximum absolute atomic E-state index is 12.4. The molecule has 0 spiro atoms. The van der Waals surface area contributed by atoms with E-state index in [0.717, 1.165) is 10.0 Å². The Bertz CT molecular complexity index is 914. The van der Waals surface area contributed by atoms with E-state index in [1.54, 1.807) is 36.4 Å². The second-order valence-electron chi connectivity index (χ2n) is 6.06. The van der Waals surface area contributed by atoms with Gasteiger partial charge in [0.05, 0.1) is 11.1 Å². The van der Waals surface area contributed by atoms with Crippen LogP contribution in [0.15, 0.2) is 40.9 Å². The van der Waals surface area contributed by atoms with Crippen molar-refractivity contribution in [1.29, 1.82) is 0 Å². The Morgan fingerprint density at radius 3 is 2.58 bits per heavy atom. The zero-order valence-electron chi connectivity index (χ0n) is 14.0. The summed E-state index contributed by atoms with van der Waals surface area (Å²) in [6, 6.07) is 10.2. The highest BCUT2D eigenvalue weighted by Gasteiger charge is 2.35. The molecule has 2 aromatic carbocycles. The summed E-state index contributed by atoms with van der Waals surface area (Å²) in [4.78, 5) is 38.0. The molecule has 3 amide bonds. The third-order valence-electron chi connectivity index (χ3n) is 4.18. The first-order valence-corrected chi connectivity index (χ1v) is 9.25. The van der Waals surface area contributed by atoms with E-state index in [2.05, 4.69) is 21.2 Å². The first-order chi connectivity index (χ1) is 12.4. The SMILES string of the molecule is Cc1cc(Cl)ccc1NC(=O)CCCN1C(=O)c2ccc(Br)cc2C1=O. The lowest BCUT2D eigenvalue weighted by Gasteiger charge is -2.14.